The molecule has 0 saturated heterocycles. The van der Waals surface area contributed by atoms with E-state index in [0.29, 0.717) is 24.3 Å². The second-order valence-corrected chi connectivity index (χ2v) is 5.10. The van der Waals surface area contributed by atoms with Gasteiger partial charge in [-0.1, -0.05) is 0 Å². The number of hydrogen-bond acceptors (Lipinski definition) is 2. The van der Waals surface area contributed by atoms with Crippen LogP contribution in [0, 0.1) is 34.9 Å². The minimum atomic E-state index is -2.53. The van der Waals surface area contributed by atoms with Crippen LogP contribution in [0.25, 0.3) is 0 Å². The Morgan fingerprint density at radius 2 is 0.957 bits per heavy atom. The fourth-order valence-corrected chi connectivity index (χ4v) is 2.60. The zero-order chi connectivity index (χ0) is 15.6. The van der Waals surface area contributed by atoms with E-state index in [-0.39, 0.29) is 24.8 Å². The summed E-state index contributed by atoms with van der Waals surface area (Å²) in [5.74, 6) is -9.47. The Bertz CT molecular complexity index is 632. The van der Waals surface area contributed by atoms with Gasteiger partial charge in [0.15, 0.2) is 0 Å². The van der Waals surface area contributed by atoms with Crippen molar-refractivity contribution in [1.82, 2.24) is 0 Å². The third-order valence-corrected chi connectivity index (χ3v) is 3.71. The van der Waals surface area contributed by atoms with Crippen LogP contribution in [0.4, 0.5) is 26.3 Å². The van der Waals surface area contributed by atoms with E-state index in [2.05, 4.69) is 0 Å². The summed E-state index contributed by atoms with van der Waals surface area (Å²) in [5.41, 5.74) is 0. The normalized spacial score (nSPS) is 9.30. The standard InChI is InChI=1S/2C6H3F3O.2ClH.Zr/c2*7-3-1-4(8)6(9)5(10)2-3;;;/h2*1-2,10H;2*1H;/q;;;;+4/p-4. The maximum atomic E-state index is 13.2. The fourth-order valence-electron chi connectivity index (χ4n) is 1.32. The summed E-state index contributed by atoms with van der Waals surface area (Å²) in [6.45, 7) is 0. The van der Waals surface area contributed by atoms with Gasteiger partial charge in [0.2, 0.25) is 0 Å². The van der Waals surface area contributed by atoms with E-state index >= 15 is 0 Å². The van der Waals surface area contributed by atoms with Crippen LogP contribution in [0.2, 0.25) is 0 Å². The molecule has 0 spiro atoms. The minimum absolute atomic E-state index is 0. The third kappa shape index (κ3) is 5.58. The summed E-state index contributed by atoms with van der Waals surface area (Å²) >= 11 is -2.53. The zero-order valence-electron chi connectivity index (χ0n) is 10.6. The van der Waals surface area contributed by atoms with Crippen LogP contribution in [0.3, 0.4) is 0 Å². The molecule has 0 aliphatic carbocycles. The van der Waals surface area contributed by atoms with Gasteiger partial charge in [0, 0.05) is 0 Å². The van der Waals surface area contributed by atoms with Crippen molar-refractivity contribution in [3.05, 3.63) is 59.2 Å². The van der Waals surface area contributed by atoms with Crippen molar-refractivity contribution in [2.45, 2.75) is 0 Å². The van der Waals surface area contributed by atoms with Gasteiger partial charge in [-0.25, -0.2) is 0 Å². The average molecular weight is 456 g/mol. The summed E-state index contributed by atoms with van der Waals surface area (Å²) in [6, 6.07) is 1.78. The quantitative estimate of drug-likeness (QED) is 0.388. The second-order valence-electron chi connectivity index (χ2n) is 3.69. The molecule has 23 heavy (non-hydrogen) atoms. The molecule has 0 saturated carbocycles. The molecule has 2 nitrogen and oxygen atoms in total. The Kier molecular flexibility index (Phi) is 9.02. The van der Waals surface area contributed by atoms with E-state index in [4.69, 9.17) is 5.63 Å². The molecule has 0 N–H and O–H groups in total. The maximum Gasteiger partial charge on any atom is -1.00 e. The molecule has 0 fully saturated rings. The molecule has 124 valence electrons. The molecule has 0 atom stereocenters. The van der Waals surface area contributed by atoms with E-state index in [1.165, 1.54) is 0 Å². The summed E-state index contributed by atoms with van der Waals surface area (Å²) in [4.78, 5) is 0. The second kappa shape index (κ2) is 9.40. The first-order valence-electron chi connectivity index (χ1n) is 5.26. The fraction of sp³-hybridized carbons (Fsp3) is 0. The SMILES string of the molecule is Fc1cc(F)c(F)c([O][Zr+2][O]c2cc(F)cc(F)c2F)c1.[Cl-].[Cl-]. The average Bonchev–Trinajstić information content (AvgIpc) is 2.40. The Hall–Kier alpha value is -0.917. The van der Waals surface area contributed by atoms with Crippen LogP contribution < -0.4 is 30.4 Å². The molecule has 0 radical (unpaired) electrons. The van der Waals surface area contributed by atoms with Crippen molar-refractivity contribution in [2.24, 2.45) is 0 Å². The Morgan fingerprint density at radius 1 is 0.609 bits per heavy atom. The van der Waals surface area contributed by atoms with Gasteiger partial charge < -0.3 is 24.8 Å². The molecule has 0 aliphatic heterocycles. The smallest absolute Gasteiger partial charge is 1.00 e. The molecule has 0 aromatic heterocycles. The Morgan fingerprint density at radius 3 is 1.30 bits per heavy atom. The van der Waals surface area contributed by atoms with Crippen molar-refractivity contribution in [2.75, 3.05) is 0 Å². The molecule has 0 amide bonds. The van der Waals surface area contributed by atoms with Gasteiger partial charge in [-0.05, 0) is 0 Å². The number of halogens is 8. The maximum absolute atomic E-state index is 13.2. The van der Waals surface area contributed by atoms with Gasteiger partial charge in [-0.15, -0.1) is 0 Å². The van der Waals surface area contributed by atoms with Crippen LogP contribution >= 0.6 is 0 Å². The predicted octanol–water partition coefficient (Wildman–Crippen LogP) is -2.10. The van der Waals surface area contributed by atoms with Crippen LogP contribution in [0.1, 0.15) is 0 Å². The van der Waals surface area contributed by atoms with Gasteiger partial charge >= 0.3 is 127 Å². The Labute approximate surface area is 151 Å². The molecule has 0 heterocycles. The molecular weight excluding hydrogens is 452 g/mol. The van der Waals surface area contributed by atoms with E-state index < -0.39 is 70.5 Å². The molecule has 2 rings (SSSR count). The summed E-state index contributed by atoms with van der Waals surface area (Å²) in [6.07, 6.45) is 0. The summed E-state index contributed by atoms with van der Waals surface area (Å²) in [5, 5.41) is 0. The van der Waals surface area contributed by atoms with Crippen molar-refractivity contribution in [3.8, 4) is 11.5 Å². The molecule has 2 aromatic rings. The Balaban J connectivity index is 0.00000242. The van der Waals surface area contributed by atoms with Crippen LogP contribution in [0.5, 0.6) is 11.5 Å². The molecule has 11 heteroatoms. The van der Waals surface area contributed by atoms with E-state index in [9.17, 15) is 26.3 Å². The van der Waals surface area contributed by atoms with E-state index in [0.717, 1.165) is 0 Å². The van der Waals surface area contributed by atoms with Crippen molar-refractivity contribution < 1.29 is 80.9 Å². The topological polar surface area (TPSA) is 18.5 Å². The van der Waals surface area contributed by atoms with Gasteiger partial charge in [0.1, 0.15) is 0 Å². The van der Waals surface area contributed by atoms with E-state index in [1.807, 2.05) is 0 Å². The molecule has 0 unspecified atom stereocenters. The van der Waals surface area contributed by atoms with Crippen LogP contribution in [-0.2, 0) is 24.1 Å². The van der Waals surface area contributed by atoms with Crippen molar-refractivity contribution in [1.29, 1.82) is 0 Å². The van der Waals surface area contributed by atoms with Crippen LogP contribution in [0.15, 0.2) is 24.3 Å². The van der Waals surface area contributed by atoms with Crippen molar-refractivity contribution >= 4 is 0 Å². The molecule has 2 aromatic carbocycles. The third-order valence-electron chi connectivity index (χ3n) is 2.22. The first kappa shape index (κ1) is 22.1. The summed E-state index contributed by atoms with van der Waals surface area (Å²) in [7, 11) is 0. The molecule has 0 aliphatic rings. The molecular formula is C12H4Cl2F6O2Zr. The van der Waals surface area contributed by atoms with Crippen molar-refractivity contribution in [3.63, 3.8) is 0 Å². The number of rotatable bonds is 4. The predicted molar refractivity (Wildman–Crippen MR) is 53.9 cm³/mol. The van der Waals surface area contributed by atoms with Gasteiger partial charge in [-0.2, -0.15) is 0 Å². The van der Waals surface area contributed by atoms with Gasteiger partial charge in [-0.3, -0.25) is 0 Å². The first-order valence-corrected chi connectivity index (χ1v) is 7.27. The number of benzene rings is 2. The van der Waals surface area contributed by atoms with Gasteiger partial charge in [0.05, 0.1) is 0 Å². The summed E-state index contributed by atoms with van der Waals surface area (Å²) < 4.78 is 87.4. The van der Waals surface area contributed by atoms with Gasteiger partial charge in [0.25, 0.3) is 0 Å². The molecule has 0 bridgehead atoms. The minimum Gasteiger partial charge on any atom is -1.00 e. The first-order chi connectivity index (χ1) is 9.88. The monoisotopic (exact) mass is 454 g/mol. The zero-order valence-corrected chi connectivity index (χ0v) is 14.6. The van der Waals surface area contributed by atoms with E-state index in [1.54, 1.807) is 0 Å². The largest absolute Gasteiger partial charge is 1.00 e. The number of hydrogen-bond donors (Lipinski definition) is 0. The van der Waals surface area contributed by atoms with Crippen LogP contribution in [-0.4, -0.2) is 0 Å².